The molecule has 3 aromatic heterocycles. The second-order valence-corrected chi connectivity index (χ2v) is 7.86. The topological polar surface area (TPSA) is 46.2 Å². The first kappa shape index (κ1) is 18.6. The molecule has 0 unspecified atom stereocenters. The molecule has 0 spiro atoms. The van der Waals surface area contributed by atoms with E-state index in [4.69, 9.17) is 16.6 Å². The lowest BCUT2D eigenvalue weighted by Gasteiger charge is -2.28. The summed E-state index contributed by atoms with van der Waals surface area (Å²) in [6.45, 7) is 2.70. The fourth-order valence-electron chi connectivity index (χ4n) is 4.12. The number of rotatable bonds is 5. The highest BCUT2D eigenvalue weighted by Gasteiger charge is 2.41. The van der Waals surface area contributed by atoms with Crippen molar-refractivity contribution < 1.29 is 4.42 Å². The Bertz CT molecular complexity index is 1150. The van der Waals surface area contributed by atoms with Crippen LogP contribution in [0.1, 0.15) is 34.8 Å². The zero-order chi connectivity index (χ0) is 20.5. The number of aromatic nitrogens is 2. The molecule has 1 N–H and O–H groups in total. The number of aryl methyl sites for hydroxylation is 1. The molecule has 0 amide bonds. The van der Waals surface area contributed by atoms with Crippen LogP contribution in [0.5, 0.6) is 0 Å². The number of pyridine rings is 1. The third-order valence-corrected chi connectivity index (χ3v) is 5.82. The standard InChI is InChI=1S/C24H22N4OS/c1-17-7-4-8-18(15-17)27-13-5-11-21(27)23-22(20-10-2-3-12-25-20)26-24(30)28(23)16-19-9-6-14-29-19/h2-15,22-23H,16H2,1H3,(H,26,30)/t22-,23-/m1/s1. The Morgan fingerprint density at radius 1 is 1.07 bits per heavy atom. The smallest absolute Gasteiger partial charge is 0.170 e. The van der Waals surface area contributed by atoms with Gasteiger partial charge in [-0.2, -0.15) is 0 Å². The zero-order valence-electron chi connectivity index (χ0n) is 16.6. The third-order valence-electron chi connectivity index (χ3n) is 5.47. The van der Waals surface area contributed by atoms with Gasteiger partial charge in [0, 0.05) is 23.8 Å². The van der Waals surface area contributed by atoms with Gasteiger partial charge in [-0.3, -0.25) is 4.98 Å². The summed E-state index contributed by atoms with van der Waals surface area (Å²) in [5, 5.41) is 4.20. The highest BCUT2D eigenvalue weighted by molar-refractivity contribution is 7.80. The molecule has 1 fully saturated rings. The van der Waals surface area contributed by atoms with Crippen LogP contribution in [0.2, 0.25) is 0 Å². The maximum Gasteiger partial charge on any atom is 0.170 e. The SMILES string of the molecule is Cc1cccc(-n2cccc2[C@@H]2[C@@H](c3ccccn3)NC(=S)N2Cc2ccco2)c1. The first-order valence-corrected chi connectivity index (χ1v) is 10.4. The van der Waals surface area contributed by atoms with Gasteiger partial charge < -0.3 is 19.2 Å². The quantitative estimate of drug-likeness (QED) is 0.469. The predicted molar refractivity (Wildman–Crippen MR) is 120 cm³/mol. The maximum atomic E-state index is 5.76. The van der Waals surface area contributed by atoms with Gasteiger partial charge in [0.2, 0.25) is 0 Å². The summed E-state index contributed by atoms with van der Waals surface area (Å²) in [6.07, 6.45) is 5.63. The second-order valence-electron chi connectivity index (χ2n) is 7.48. The largest absolute Gasteiger partial charge is 0.467 e. The van der Waals surface area contributed by atoms with Gasteiger partial charge in [0.05, 0.1) is 30.6 Å². The molecule has 30 heavy (non-hydrogen) atoms. The lowest BCUT2D eigenvalue weighted by atomic mass is 10.0. The highest BCUT2D eigenvalue weighted by Crippen LogP contribution is 2.40. The minimum Gasteiger partial charge on any atom is -0.467 e. The molecule has 0 radical (unpaired) electrons. The van der Waals surface area contributed by atoms with Crippen molar-refractivity contribution in [3.63, 3.8) is 0 Å². The summed E-state index contributed by atoms with van der Waals surface area (Å²) in [5.74, 6) is 0.875. The summed E-state index contributed by atoms with van der Waals surface area (Å²) >= 11 is 5.76. The van der Waals surface area contributed by atoms with Crippen molar-refractivity contribution in [1.29, 1.82) is 0 Å². The third kappa shape index (κ3) is 3.39. The van der Waals surface area contributed by atoms with Crippen LogP contribution in [0.4, 0.5) is 0 Å². The van der Waals surface area contributed by atoms with Crippen LogP contribution in [0, 0.1) is 6.92 Å². The van der Waals surface area contributed by atoms with Gasteiger partial charge in [0.1, 0.15) is 5.76 Å². The van der Waals surface area contributed by atoms with Crippen LogP contribution in [0.15, 0.2) is 89.8 Å². The predicted octanol–water partition coefficient (Wildman–Crippen LogP) is 4.95. The van der Waals surface area contributed by atoms with E-state index in [1.54, 1.807) is 6.26 Å². The highest BCUT2D eigenvalue weighted by atomic mass is 32.1. The molecule has 1 aromatic carbocycles. The van der Waals surface area contributed by atoms with Crippen molar-refractivity contribution in [2.45, 2.75) is 25.6 Å². The van der Waals surface area contributed by atoms with Gasteiger partial charge in [-0.05, 0) is 73.2 Å². The van der Waals surface area contributed by atoms with Crippen molar-refractivity contribution in [3.8, 4) is 5.69 Å². The molecule has 5 nitrogen and oxygen atoms in total. The van der Waals surface area contributed by atoms with Crippen molar-refractivity contribution in [2.75, 3.05) is 0 Å². The van der Waals surface area contributed by atoms with Gasteiger partial charge in [0.15, 0.2) is 5.11 Å². The van der Waals surface area contributed by atoms with Gasteiger partial charge in [-0.1, -0.05) is 18.2 Å². The van der Waals surface area contributed by atoms with E-state index in [1.807, 2.05) is 36.5 Å². The number of thiocarbonyl (C=S) groups is 1. The van der Waals surface area contributed by atoms with Crippen LogP contribution in [0.3, 0.4) is 0 Å². The average Bonchev–Trinajstić information content (AvgIpc) is 3.50. The Morgan fingerprint density at radius 2 is 2.00 bits per heavy atom. The van der Waals surface area contributed by atoms with Crippen LogP contribution in [-0.4, -0.2) is 19.6 Å². The number of nitrogens with one attached hydrogen (secondary N) is 1. The van der Waals surface area contributed by atoms with Gasteiger partial charge in [-0.15, -0.1) is 0 Å². The van der Waals surface area contributed by atoms with E-state index in [2.05, 4.69) is 69.3 Å². The Morgan fingerprint density at radius 3 is 2.77 bits per heavy atom. The summed E-state index contributed by atoms with van der Waals surface area (Å²) < 4.78 is 7.86. The van der Waals surface area contributed by atoms with Gasteiger partial charge >= 0.3 is 0 Å². The van der Waals surface area contributed by atoms with Crippen molar-refractivity contribution in [1.82, 2.24) is 19.8 Å². The number of furan rings is 1. The molecule has 1 saturated heterocycles. The van der Waals surface area contributed by atoms with Crippen LogP contribution in [-0.2, 0) is 6.54 Å². The van der Waals surface area contributed by atoms with E-state index in [-0.39, 0.29) is 12.1 Å². The van der Waals surface area contributed by atoms with E-state index in [0.717, 1.165) is 22.8 Å². The normalized spacial score (nSPS) is 18.6. The van der Waals surface area contributed by atoms with Crippen molar-refractivity contribution in [3.05, 3.63) is 108 Å². The van der Waals surface area contributed by atoms with Crippen LogP contribution >= 0.6 is 12.2 Å². The number of hydrogen-bond acceptors (Lipinski definition) is 3. The van der Waals surface area contributed by atoms with Gasteiger partial charge in [0.25, 0.3) is 0 Å². The Kier molecular flexibility index (Phi) is 4.85. The average molecular weight is 415 g/mol. The molecule has 4 aromatic rings. The molecule has 0 bridgehead atoms. The first-order valence-electron chi connectivity index (χ1n) is 9.95. The van der Waals surface area contributed by atoms with Gasteiger partial charge in [-0.25, -0.2) is 0 Å². The molecule has 6 heteroatoms. The molecule has 4 heterocycles. The Balaban J connectivity index is 1.61. The number of nitrogens with zero attached hydrogens (tertiary/aromatic N) is 3. The summed E-state index contributed by atoms with van der Waals surface area (Å²) in [6, 6.07) is 22.5. The number of benzene rings is 1. The van der Waals surface area contributed by atoms with E-state index >= 15 is 0 Å². The molecular formula is C24H22N4OS. The number of hydrogen-bond donors (Lipinski definition) is 1. The monoisotopic (exact) mass is 414 g/mol. The lowest BCUT2D eigenvalue weighted by molar-refractivity contribution is 0.280. The van der Waals surface area contributed by atoms with Crippen LogP contribution < -0.4 is 5.32 Å². The molecular weight excluding hydrogens is 392 g/mol. The summed E-state index contributed by atoms with van der Waals surface area (Å²) in [4.78, 5) is 6.81. The van der Waals surface area contributed by atoms with Crippen LogP contribution in [0.25, 0.3) is 5.69 Å². The molecule has 150 valence electrons. The van der Waals surface area contributed by atoms with E-state index in [1.165, 1.54) is 5.56 Å². The fraction of sp³-hybridized carbons (Fsp3) is 0.167. The van der Waals surface area contributed by atoms with Crippen molar-refractivity contribution >= 4 is 17.3 Å². The minimum absolute atomic E-state index is 0.0342. The lowest BCUT2D eigenvalue weighted by Crippen LogP contribution is -2.29. The van der Waals surface area contributed by atoms with E-state index in [9.17, 15) is 0 Å². The first-order chi connectivity index (χ1) is 14.7. The fourth-order valence-corrected chi connectivity index (χ4v) is 4.42. The summed E-state index contributed by atoms with van der Waals surface area (Å²) in [5.41, 5.74) is 4.46. The molecule has 2 atom stereocenters. The molecule has 0 aliphatic carbocycles. The molecule has 1 aliphatic rings. The zero-order valence-corrected chi connectivity index (χ0v) is 17.4. The van der Waals surface area contributed by atoms with Crippen molar-refractivity contribution in [2.24, 2.45) is 0 Å². The molecule has 1 aliphatic heterocycles. The Labute approximate surface area is 181 Å². The van der Waals surface area contributed by atoms with E-state index < -0.39 is 0 Å². The molecule has 0 saturated carbocycles. The minimum atomic E-state index is -0.0629. The summed E-state index contributed by atoms with van der Waals surface area (Å²) in [7, 11) is 0. The maximum absolute atomic E-state index is 5.76. The second kappa shape index (κ2) is 7.80. The molecule has 5 rings (SSSR count). The Hall–Kier alpha value is -3.38. The van der Waals surface area contributed by atoms with E-state index in [0.29, 0.717) is 11.7 Å².